The lowest BCUT2D eigenvalue weighted by molar-refractivity contribution is 0.420. The van der Waals surface area contributed by atoms with Gasteiger partial charge in [0.25, 0.3) is 0 Å². The van der Waals surface area contributed by atoms with Gasteiger partial charge in [-0.1, -0.05) is 24.2 Å². The summed E-state index contributed by atoms with van der Waals surface area (Å²) in [5.74, 6) is -0.229. The van der Waals surface area contributed by atoms with Gasteiger partial charge in [0.1, 0.15) is 12.1 Å². The Kier molecular flexibility index (Phi) is 2.31. The highest BCUT2D eigenvalue weighted by atomic mass is 19.1. The van der Waals surface area contributed by atoms with Crippen molar-refractivity contribution in [2.45, 2.75) is 13.3 Å². The number of benzene rings is 1. The number of rotatable bonds is 2. The van der Waals surface area contributed by atoms with Gasteiger partial charge in [0.2, 0.25) is 0 Å². The molecule has 14 heavy (non-hydrogen) atoms. The Bertz CT molecular complexity index is 423. The highest BCUT2D eigenvalue weighted by molar-refractivity contribution is 5.62. The third-order valence-electron chi connectivity index (χ3n) is 2.19. The summed E-state index contributed by atoms with van der Waals surface area (Å²) in [6.45, 7) is 1.99. The van der Waals surface area contributed by atoms with E-state index in [1.807, 2.05) is 13.0 Å². The molecule has 1 aromatic heterocycles. The second kappa shape index (κ2) is 3.62. The quantitative estimate of drug-likeness (QED) is 0.729. The van der Waals surface area contributed by atoms with Crippen LogP contribution < -0.4 is 0 Å². The first-order valence-corrected chi connectivity index (χ1v) is 4.49. The van der Waals surface area contributed by atoms with Crippen LogP contribution in [0.25, 0.3) is 11.1 Å². The maximum absolute atomic E-state index is 13.5. The molecule has 0 N–H and O–H groups in total. The highest BCUT2D eigenvalue weighted by Crippen LogP contribution is 2.23. The van der Waals surface area contributed by atoms with E-state index in [4.69, 9.17) is 0 Å². The van der Waals surface area contributed by atoms with Crippen LogP contribution in [-0.4, -0.2) is 5.16 Å². The fourth-order valence-corrected chi connectivity index (χ4v) is 1.35. The Labute approximate surface area is 81.3 Å². The Morgan fingerprint density at radius 1 is 1.43 bits per heavy atom. The highest BCUT2D eigenvalue weighted by Gasteiger charge is 2.06. The summed E-state index contributed by atoms with van der Waals surface area (Å²) >= 11 is 0. The number of halogens is 1. The van der Waals surface area contributed by atoms with Crippen molar-refractivity contribution < 1.29 is 8.91 Å². The van der Waals surface area contributed by atoms with E-state index in [1.165, 1.54) is 12.5 Å². The van der Waals surface area contributed by atoms with Crippen LogP contribution in [0.15, 0.2) is 35.2 Å². The van der Waals surface area contributed by atoms with Gasteiger partial charge in [0.15, 0.2) is 0 Å². The summed E-state index contributed by atoms with van der Waals surface area (Å²) in [6, 6.07) is 5.20. The number of nitrogens with zero attached hydrogens (tertiary/aromatic N) is 1. The average Bonchev–Trinajstić information content (AvgIpc) is 2.70. The van der Waals surface area contributed by atoms with Gasteiger partial charge in [-0.2, -0.15) is 0 Å². The monoisotopic (exact) mass is 191 g/mol. The van der Waals surface area contributed by atoms with E-state index in [-0.39, 0.29) is 5.82 Å². The summed E-state index contributed by atoms with van der Waals surface area (Å²) in [6.07, 6.45) is 3.77. The maximum Gasteiger partial charge on any atom is 0.131 e. The Hall–Kier alpha value is -1.64. The van der Waals surface area contributed by atoms with Gasteiger partial charge in [-0.15, -0.1) is 0 Å². The van der Waals surface area contributed by atoms with Crippen LogP contribution >= 0.6 is 0 Å². The molecule has 0 amide bonds. The van der Waals surface area contributed by atoms with E-state index in [1.54, 1.807) is 12.1 Å². The lowest BCUT2D eigenvalue weighted by Crippen LogP contribution is -1.86. The lowest BCUT2D eigenvalue weighted by atomic mass is 10.1. The van der Waals surface area contributed by atoms with Crippen LogP contribution in [0.1, 0.15) is 12.5 Å². The third kappa shape index (κ3) is 1.53. The number of aryl methyl sites for hydroxylation is 1. The van der Waals surface area contributed by atoms with Crippen LogP contribution in [0.2, 0.25) is 0 Å². The summed E-state index contributed by atoms with van der Waals surface area (Å²) in [7, 11) is 0. The Morgan fingerprint density at radius 2 is 2.29 bits per heavy atom. The number of hydrogen-bond donors (Lipinski definition) is 0. The van der Waals surface area contributed by atoms with Crippen molar-refractivity contribution in [3.8, 4) is 11.1 Å². The van der Waals surface area contributed by atoms with E-state index in [0.29, 0.717) is 11.1 Å². The number of hydrogen-bond acceptors (Lipinski definition) is 2. The fraction of sp³-hybridized carbons (Fsp3) is 0.182. The molecule has 0 spiro atoms. The molecule has 0 atom stereocenters. The standard InChI is InChI=1S/C11H10FNO/c1-2-8-3-4-10(11(12)5-8)9-6-13-14-7-9/h3-7H,2H2,1H3. The second-order valence-electron chi connectivity index (χ2n) is 3.08. The van der Waals surface area contributed by atoms with E-state index in [2.05, 4.69) is 9.68 Å². The molecule has 0 bridgehead atoms. The van der Waals surface area contributed by atoms with E-state index < -0.39 is 0 Å². The van der Waals surface area contributed by atoms with Gasteiger partial charge in [-0.05, 0) is 18.1 Å². The zero-order valence-electron chi connectivity index (χ0n) is 7.83. The summed E-state index contributed by atoms with van der Waals surface area (Å²) in [5, 5.41) is 3.54. The lowest BCUT2D eigenvalue weighted by Gasteiger charge is -2.01. The molecule has 0 saturated carbocycles. The van der Waals surface area contributed by atoms with E-state index in [9.17, 15) is 4.39 Å². The maximum atomic E-state index is 13.5. The van der Waals surface area contributed by atoms with Gasteiger partial charge in [0, 0.05) is 11.1 Å². The van der Waals surface area contributed by atoms with Crippen LogP contribution in [0, 0.1) is 5.82 Å². The average molecular weight is 191 g/mol. The second-order valence-corrected chi connectivity index (χ2v) is 3.08. The zero-order valence-corrected chi connectivity index (χ0v) is 7.83. The molecular formula is C11H10FNO. The molecular weight excluding hydrogens is 181 g/mol. The van der Waals surface area contributed by atoms with Gasteiger partial charge >= 0.3 is 0 Å². The molecule has 0 aliphatic carbocycles. The first-order chi connectivity index (χ1) is 6.81. The van der Waals surface area contributed by atoms with Crippen LogP contribution in [-0.2, 0) is 6.42 Å². The molecule has 2 aromatic rings. The minimum Gasteiger partial charge on any atom is -0.364 e. The Morgan fingerprint density at radius 3 is 2.86 bits per heavy atom. The molecule has 2 rings (SSSR count). The topological polar surface area (TPSA) is 26.0 Å². The minimum absolute atomic E-state index is 0.229. The van der Waals surface area contributed by atoms with Crippen LogP contribution in [0.5, 0.6) is 0 Å². The zero-order chi connectivity index (χ0) is 9.97. The molecule has 1 aromatic carbocycles. The molecule has 0 fully saturated rings. The third-order valence-corrected chi connectivity index (χ3v) is 2.19. The van der Waals surface area contributed by atoms with Crippen molar-refractivity contribution in [2.24, 2.45) is 0 Å². The van der Waals surface area contributed by atoms with Crippen LogP contribution in [0.4, 0.5) is 4.39 Å². The Balaban J connectivity index is 2.46. The first-order valence-electron chi connectivity index (χ1n) is 4.49. The first kappa shape index (κ1) is 8.94. The molecule has 0 radical (unpaired) electrons. The van der Waals surface area contributed by atoms with Gasteiger partial charge in [-0.3, -0.25) is 0 Å². The molecule has 3 heteroatoms. The smallest absolute Gasteiger partial charge is 0.131 e. The minimum atomic E-state index is -0.229. The SMILES string of the molecule is CCc1ccc(-c2cnoc2)c(F)c1. The largest absolute Gasteiger partial charge is 0.364 e. The van der Waals surface area contributed by atoms with Gasteiger partial charge in [-0.25, -0.2) is 4.39 Å². The van der Waals surface area contributed by atoms with Crippen molar-refractivity contribution in [2.75, 3.05) is 0 Å². The predicted octanol–water partition coefficient (Wildman–Crippen LogP) is 3.04. The molecule has 0 aliphatic heterocycles. The predicted molar refractivity (Wildman–Crippen MR) is 51.3 cm³/mol. The van der Waals surface area contributed by atoms with Crippen molar-refractivity contribution in [1.82, 2.24) is 5.16 Å². The molecule has 72 valence electrons. The van der Waals surface area contributed by atoms with Crippen molar-refractivity contribution in [3.63, 3.8) is 0 Å². The van der Waals surface area contributed by atoms with E-state index >= 15 is 0 Å². The van der Waals surface area contributed by atoms with Crippen molar-refractivity contribution >= 4 is 0 Å². The van der Waals surface area contributed by atoms with Crippen LogP contribution in [0.3, 0.4) is 0 Å². The summed E-state index contributed by atoms with van der Waals surface area (Å²) in [5.41, 5.74) is 2.19. The van der Waals surface area contributed by atoms with Crippen molar-refractivity contribution in [1.29, 1.82) is 0 Å². The van der Waals surface area contributed by atoms with Gasteiger partial charge in [0.05, 0.1) is 6.20 Å². The molecule has 0 saturated heterocycles. The molecule has 0 aliphatic rings. The number of aromatic nitrogens is 1. The normalized spacial score (nSPS) is 10.4. The fourth-order valence-electron chi connectivity index (χ4n) is 1.35. The molecule has 2 nitrogen and oxygen atoms in total. The molecule has 1 heterocycles. The molecule has 0 unspecified atom stereocenters. The van der Waals surface area contributed by atoms with Crippen molar-refractivity contribution in [3.05, 3.63) is 42.0 Å². The summed E-state index contributed by atoms with van der Waals surface area (Å²) in [4.78, 5) is 0. The van der Waals surface area contributed by atoms with E-state index in [0.717, 1.165) is 12.0 Å². The summed E-state index contributed by atoms with van der Waals surface area (Å²) < 4.78 is 18.2. The van der Waals surface area contributed by atoms with Gasteiger partial charge < -0.3 is 4.52 Å².